The number of carbonyl (C=O) groups excluding carboxylic acids is 2. The van der Waals surface area contributed by atoms with Crippen molar-refractivity contribution >= 4 is 12.1 Å². The average Bonchev–Trinajstić information content (AvgIpc) is 2.41. The van der Waals surface area contributed by atoms with Gasteiger partial charge in [0, 0.05) is 18.5 Å². The van der Waals surface area contributed by atoms with E-state index in [4.69, 9.17) is 9.47 Å². The molecule has 1 aliphatic heterocycles. The van der Waals surface area contributed by atoms with Crippen LogP contribution in [0.1, 0.15) is 39.7 Å². The Morgan fingerprint density at radius 3 is 2.29 bits per heavy atom. The van der Waals surface area contributed by atoms with Gasteiger partial charge in [0.2, 0.25) is 0 Å². The summed E-state index contributed by atoms with van der Waals surface area (Å²) in [5.41, 5.74) is -0.167. The van der Waals surface area contributed by atoms with Crippen LogP contribution in [0.5, 0.6) is 5.75 Å². The SMILES string of the molecule is CCOC(=O)CC1(c2ccc(O)cc2)CN(C(=O)OC(C)(C)C)C1. The molecule has 0 atom stereocenters. The number of benzene rings is 1. The Balaban J connectivity index is 2.14. The first-order chi connectivity index (χ1) is 11.1. The second-order valence-corrected chi connectivity index (χ2v) is 7.15. The Morgan fingerprint density at radius 1 is 1.21 bits per heavy atom. The van der Waals surface area contributed by atoms with Crippen molar-refractivity contribution in [1.29, 1.82) is 0 Å². The second kappa shape index (κ2) is 6.71. The number of aromatic hydroxyl groups is 1. The molecule has 0 aliphatic carbocycles. The van der Waals surface area contributed by atoms with Crippen molar-refractivity contribution in [3.05, 3.63) is 29.8 Å². The molecule has 6 nitrogen and oxygen atoms in total. The van der Waals surface area contributed by atoms with Crippen LogP contribution in [-0.2, 0) is 19.7 Å². The minimum Gasteiger partial charge on any atom is -0.508 e. The minimum atomic E-state index is -0.561. The molecule has 0 radical (unpaired) electrons. The number of nitrogens with zero attached hydrogens (tertiary/aromatic N) is 1. The summed E-state index contributed by atoms with van der Waals surface area (Å²) in [6.07, 6.45) is -0.203. The van der Waals surface area contributed by atoms with Gasteiger partial charge in [0.25, 0.3) is 0 Å². The number of phenols is 1. The maximum absolute atomic E-state index is 12.2. The van der Waals surface area contributed by atoms with Crippen molar-refractivity contribution in [3.8, 4) is 5.75 Å². The highest BCUT2D eigenvalue weighted by molar-refractivity contribution is 5.75. The first kappa shape index (κ1) is 18.1. The van der Waals surface area contributed by atoms with Crippen LogP contribution in [0, 0.1) is 0 Å². The van der Waals surface area contributed by atoms with Crippen LogP contribution in [0.3, 0.4) is 0 Å². The van der Waals surface area contributed by atoms with Crippen LogP contribution in [0.4, 0.5) is 4.79 Å². The third kappa shape index (κ3) is 4.19. The van der Waals surface area contributed by atoms with Crippen molar-refractivity contribution in [1.82, 2.24) is 4.90 Å². The summed E-state index contributed by atoms with van der Waals surface area (Å²) < 4.78 is 10.4. The standard InChI is InChI=1S/C18H25NO5/c1-5-23-15(21)10-18(13-6-8-14(20)9-7-13)11-19(12-18)16(22)24-17(2,3)4/h6-9,20H,5,10-12H2,1-4H3. The number of likely N-dealkylation sites (tertiary alicyclic amines) is 1. The van der Waals surface area contributed by atoms with E-state index in [1.165, 1.54) is 0 Å². The molecule has 0 bridgehead atoms. The van der Waals surface area contributed by atoms with Gasteiger partial charge in [-0.05, 0) is 45.4 Å². The van der Waals surface area contributed by atoms with E-state index in [1.54, 1.807) is 36.1 Å². The number of ether oxygens (including phenoxy) is 2. The van der Waals surface area contributed by atoms with Crippen molar-refractivity contribution in [2.24, 2.45) is 0 Å². The fraction of sp³-hybridized carbons (Fsp3) is 0.556. The maximum atomic E-state index is 12.2. The van der Waals surface area contributed by atoms with Gasteiger partial charge >= 0.3 is 12.1 Å². The molecule has 1 N–H and O–H groups in total. The smallest absolute Gasteiger partial charge is 0.410 e. The van der Waals surface area contributed by atoms with Crippen molar-refractivity contribution in [3.63, 3.8) is 0 Å². The largest absolute Gasteiger partial charge is 0.508 e. The lowest BCUT2D eigenvalue weighted by molar-refractivity contribution is -0.146. The Bertz CT molecular complexity index is 597. The van der Waals surface area contributed by atoms with Crippen LogP contribution < -0.4 is 0 Å². The summed E-state index contributed by atoms with van der Waals surface area (Å²) in [6.45, 7) is 8.29. The highest BCUT2D eigenvalue weighted by atomic mass is 16.6. The molecule has 0 aromatic heterocycles. The predicted octanol–water partition coefficient (Wildman–Crippen LogP) is 2.83. The zero-order valence-electron chi connectivity index (χ0n) is 14.7. The molecule has 1 amide bonds. The third-order valence-electron chi connectivity index (χ3n) is 3.91. The summed E-state index contributed by atoms with van der Waals surface area (Å²) in [4.78, 5) is 25.7. The molecule has 1 aliphatic rings. The molecular weight excluding hydrogens is 310 g/mol. The fourth-order valence-electron chi connectivity index (χ4n) is 2.84. The predicted molar refractivity (Wildman–Crippen MR) is 88.8 cm³/mol. The van der Waals surface area contributed by atoms with Gasteiger partial charge < -0.3 is 19.5 Å². The normalized spacial score (nSPS) is 16.2. The van der Waals surface area contributed by atoms with Gasteiger partial charge in [-0.15, -0.1) is 0 Å². The van der Waals surface area contributed by atoms with Gasteiger partial charge in [0.05, 0.1) is 13.0 Å². The summed E-state index contributed by atoms with van der Waals surface area (Å²) in [7, 11) is 0. The number of rotatable bonds is 4. The van der Waals surface area contributed by atoms with Crippen LogP contribution in [0.25, 0.3) is 0 Å². The lowest BCUT2D eigenvalue weighted by Gasteiger charge is -2.49. The van der Waals surface area contributed by atoms with E-state index in [9.17, 15) is 14.7 Å². The number of hydrogen-bond donors (Lipinski definition) is 1. The van der Waals surface area contributed by atoms with Crippen LogP contribution >= 0.6 is 0 Å². The first-order valence-electron chi connectivity index (χ1n) is 8.08. The Morgan fingerprint density at radius 2 is 1.79 bits per heavy atom. The van der Waals surface area contributed by atoms with Gasteiger partial charge in [-0.3, -0.25) is 4.79 Å². The molecule has 1 heterocycles. The van der Waals surface area contributed by atoms with E-state index in [0.29, 0.717) is 19.7 Å². The van der Waals surface area contributed by atoms with Crippen molar-refractivity contribution in [2.45, 2.75) is 45.1 Å². The molecule has 6 heteroatoms. The zero-order valence-corrected chi connectivity index (χ0v) is 14.7. The van der Waals surface area contributed by atoms with E-state index in [2.05, 4.69) is 0 Å². The number of phenolic OH excluding ortho intramolecular Hbond substituents is 1. The van der Waals surface area contributed by atoms with Crippen LogP contribution in [0.2, 0.25) is 0 Å². The Labute approximate surface area is 142 Å². The molecule has 0 unspecified atom stereocenters. The Hall–Kier alpha value is -2.24. The molecule has 24 heavy (non-hydrogen) atoms. The molecular formula is C18H25NO5. The molecule has 132 valence electrons. The lowest BCUT2D eigenvalue weighted by atomic mass is 9.71. The summed E-state index contributed by atoms with van der Waals surface area (Å²) in [6, 6.07) is 6.72. The fourth-order valence-corrected chi connectivity index (χ4v) is 2.84. The van der Waals surface area contributed by atoms with Crippen LogP contribution in [-0.4, -0.2) is 47.4 Å². The van der Waals surface area contributed by atoms with Gasteiger partial charge in [0.15, 0.2) is 0 Å². The summed E-state index contributed by atoms with van der Waals surface area (Å²) >= 11 is 0. The summed E-state index contributed by atoms with van der Waals surface area (Å²) in [5.74, 6) is -0.136. The van der Waals surface area contributed by atoms with Gasteiger partial charge in [-0.2, -0.15) is 0 Å². The van der Waals surface area contributed by atoms with E-state index in [0.717, 1.165) is 5.56 Å². The number of esters is 1. The third-order valence-corrected chi connectivity index (χ3v) is 3.91. The first-order valence-corrected chi connectivity index (χ1v) is 8.08. The molecule has 2 rings (SSSR count). The molecule has 1 aromatic rings. The van der Waals surface area contributed by atoms with E-state index >= 15 is 0 Å². The number of carbonyl (C=O) groups is 2. The quantitative estimate of drug-likeness (QED) is 0.856. The van der Waals surface area contributed by atoms with Crippen molar-refractivity contribution < 1.29 is 24.2 Å². The Kier molecular flexibility index (Phi) is 5.06. The highest BCUT2D eigenvalue weighted by Gasteiger charge is 2.49. The second-order valence-electron chi connectivity index (χ2n) is 7.15. The lowest BCUT2D eigenvalue weighted by Crippen LogP contribution is -2.62. The monoisotopic (exact) mass is 335 g/mol. The van der Waals surface area contributed by atoms with E-state index < -0.39 is 11.0 Å². The molecule has 0 spiro atoms. The molecule has 1 fully saturated rings. The van der Waals surface area contributed by atoms with Gasteiger partial charge in [-0.25, -0.2) is 4.79 Å². The van der Waals surface area contributed by atoms with Crippen LogP contribution in [0.15, 0.2) is 24.3 Å². The number of hydrogen-bond acceptors (Lipinski definition) is 5. The van der Waals surface area contributed by atoms with E-state index in [1.807, 2.05) is 20.8 Å². The number of amides is 1. The van der Waals surface area contributed by atoms with Crippen molar-refractivity contribution in [2.75, 3.05) is 19.7 Å². The van der Waals surface area contributed by atoms with Gasteiger partial charge in [0.1, 0.15) is 11.4 Å². The molecule has 1 saturated heterocycles. The molecule has 1 aromatic carbocycles. The van der Waals surface area contributed by atoms with Gasteiger partial charge in [-0.1, -0.05) is 12.1 Å². The summed E-state index contributed by atoms with van der Waals surface area (Å²) in [5, 5.41) is 9.47. The zero-order chi connectivity index (χ0) is 18.0. The average molecular weight is 335 g/mol. The van der Waals surface area contributed by atoms with E-state index in [-0.39, 0.29) is 24.2 Å². The minimum absolute atomic E-state index is 0.161. The maximum Gasteiger partial charge on any atom is 0.410 e. The highest BCUT2D eigenvalue weighted by Crippen LogP contribution is 2.39. The molecule has 0 saturated carbocycles. The topological polar surface area (TPSA) is 76.1 Å².